The number of H-pyrrole nitrogens is 1. The molecule has 0 saturated carbocycles. The quantitative estimate of drug-likeness (QED) is 0.631. The van der Waals surface area contributed by atoms with Crippen LogP contribution in [-0.4, -0.2) is 22.8 Å². The van der Waals surface area contributed by atoms with Crippen LogP contribution in [0.3, 0.4) is 0 Å². The number of aromatic amines is 1. The molecule has 1 atom stereocenters. The Morgan fingerprint density at radius 3 is 2.62 bits per heavy atom. The molecular formula is C19H17F2N3O2. The largest absolute Gasteiger partial charge is 0.368 e. The van der Waals surface area contributed by atoms with E-state index in [-0.39, 0.29) is 18.4 Å². The smallest absolute Gasteiger partial charge is 0.240 e. The van der Waals surface area contributed by atoms with E-state index in [9.17, 15) is 18.4 Å². The molecule has 0 spiro atoms. The summed E-state index contributed by atoms with van der Waals surface area (Å²) in [5.41, 5.74) is 7.18. The van der Waals surface area contributed by atoms with Crippen molar-refractivity contribution in [1.82, 2.24) is 10.3 Å². The fourth-order valence-electron chi connectivity index (χ4n) is 2.83. The molecule has 1 aromatic heterocycles. The molecule has 3 aromatic rings. The third-order valence-corrected chi connectivity index (χ3v) is 4.14. The van der Waals surface area contributed by atoms with Crippen LogP contribution in [0.15, 0.2) is 48.7 Å². The number of carbonyl (C=O) groups excluding carboxylic acids is 2. The molecule has 0 bridgehead atoms. The van der Waals surface area contributed by atoms with Gasteiger partial charge in [0.05, 0.1) is 6.42 Å². The zero-order chi connectivity index (χ0) is 18.7. The highest BCUT2D eigenvalue weighted by molar-refractivity contribution is 5.89. The molecule has 2 aromatic carbocycles. The summed E-state index contributed by atoms with van der Waals surface area (Å²) in [5, 5.41) is 3.45. The number of amides is 2. The molecule has 0 aliphatic heterocycles. The van der Waals surface area contributed by atoms with Gasteiger partial charge >= 0.3 is 0 Å². The molecule has 4 N–H and O–H groups in total. The van der Waals surface area contributed by atoms with Gasteiger partial charge in [0.1, 0.15) is 17.7 Å². The first-order valence-corrected chi connectivity index (χ1v) is 8.01. The van der Waals surface area contributed by atoms with Crippen molar-refractivity contribution >= 4 is 22.7 Å². The van der Waals surface area contributed by atoms with Crippen LogP contribution in [-0.2, 0) is 22.4 Å². The fourth-order valence-corrected chi connectivity index (χ4v) is 2.83. The van der Waals surface area contributed by atoms with Gasteiger partial charge in [-0.3, -0.25) is 9.59 Å². The van der Waals surface area contributed by atoms with Crippen LogP contribution in [0.25, 0.3) is 10.9 Å². The molecule has 134 valence electrons. The summed E-state index contributed by atoms with van der Waals surface area (Å²) in [7, 11) is 0. The van der Waals surface area contributed by atoms with Gasteiger partial charge in [0, 0.05) is 29.6 Å². The predicted octanol–water partition coefficient (Wildman–Crippen LogP) is 2.20. The molecule has 0 aliphatic carbocycles. The van der Waals surface area contributed by atoms with E-state index in [0.29, 0.717) is 6.07 Å². The zero-order valence-electron chi connectivity index (χ0n) is 13.8. The Bertz CT molecular complexity index is 968. The Labute approximate surface area is 148 Å². The second-order valence-electron chi connectivity index (χ2n) is 6.00. The first-order chi connectivity index (χ1) is 12.4. The minimum atomic E-state index is -0.940. The van der Waals surface area contributed by atoms with E-state index in [2.05, 4.69) is 10.3 Å². The van der Waals surface area contributed by atoms with Crippen molar-refractivity contribution in [3.63, 3.8) is 0 Å². The van der Waals surface area contributed by atoms with E-state index < -0.39 is 29.5 Å². The standard InChI is InChI=1S/C19H17F2N3O2/c20-13-6-5-11(15(21)9-13)8-18(25)24-17(19(22)26)7-12-10-23-16-4-2-1-3-14(12)16/h1-6,9-10,17,23H,7-8H2,(H2,22,26)(H,24,25)/t17-/m1/s1. The monoisotopic (exact) mass is 357 g/mol. The number of halogens is 2. The Balaban J connectivity index is 1.72. The van der Waals surface area contributed by atoms with Gasteiger partial charge in [-0.05, 0) is 23.3 Å². The maximum atomic E-state index is 13.7. The molecule has 0 aliphatic rings. The van der Waals surface area contributed by atoms with Crippen molar-refractivity contribution in [2.24, 2.45) is 5.73 Å². The summed E-state index contributed by atoms with van der Waals surface area (Å²) in [6.45, 7) is 0. The zero-order valence-corrected chi connectivity index (χ0v) is 13.8. The molecule has 1 heterocycles. The number of carbonyl (C=O) groups is 2. The van der Waals surface area contributed by atoms with Crippen LogP contribution < -0.4 is 11.1 Å². The number of nitrogens with one attached hydrogen (secondary N) is 2. The second kappa shape index (κ2) is 7.35. The number of primary amides is 1. The maximum absolute atomic E-state index is 13.7. The highest BCUT2D eigenvalue weighted by Crippen LogP contribution is 2.19. The normalized spacial score (nSPS) is 12.1. The van der Waals surface area contributed by atoms with E-state index >= 15 is 0 Å². The van der Waals surface area contributed by atoms with Gasteiger partial charge in [-0.25, -0.2) is 8.78 Å². The number of aromatic nitrogens is 1. The fraction of sp³-hybridized carbons (Fsp3) is 0.158. The highest BCUT2D eigenvalue weighted by atomic mass is 19.1. The van der Waals surface area contributed by atoms with Crippen LogP contribution in [0.2, 0.25) is 0 Å². The average molecular weight is 357 g/mol. The van der Waals surface area contributed by atoms with E-state index in [0.717, 1.165) is 22.5 Å². The number of para-hydroxylation sites is 1. The molecule has 5 nitrogen and oxygen atoms in total. The second-order valence-corrected chi connectivity index (χ2v) is 6.00. The first kappa shape index (κ1) is 17.6. The lowest BCUT2D eigenvalue weighted by Gasteiger charge is -2.15. The lowest BCUT2D eigenvalue weighted by atomic mass is 10.0. The summed E-state index contributed by atoms with van der Waals surface area (Å²) in [6.07, 6.45) is 1.65. The number of benzene rings is 2. The Morgan fingerprint density at radius 2 is 1.88 bits per heavy atom. The Morgan fingerprint density at radius 1 is 1.12 bits per heavy atom. The Hall–Kier alpha value is -3.22. The SMILES string of the molecule is NC(=O)[C@@H](Cc1c[nH]c2ccccc12)NC(=O)Cc1ccc(F)cc1F. The molecule has 0 unspecified atom stereocenters. The van der Waals surface area contributed by atoms with Gasteiger partial charge in [-0.2, -0.15) is 0 Å². The van der Waals surface area contributed by atoms with Crippen LogP contribution in [0.1, 0.15) is 11.1 Å². The number of hydrogen-bond acceptors (Lipinski definition) is 2. The molecule has 2 amide bonds. The molecular weight excluding hydrogens is 340 g/mol. The Kier molecular flexibility index (Phi) is 4.97. The minimum Gasteiger partial charge on any atom is -0.368 e. The third kappa shape index (κ3) is 3.88. The first-order valence-electron chi connectivity index (χ1n) is 8.01. The van der Waals surface area contributed by atoms with Crippen molar-refractivity contribution in [2.75, 3.05) is 0 Å². The van der Waals surface area contributed by atoms with Crippen LogP contribution in [0.5, 0.6) is 0 Å². The molecule has 3 rings (SSSR count). The van der Waals surface area contributed by atoms with Crippen molar-refractivity contribution < 1.29 is 18.4 Å². The van der Waals surface area contributed by atoms with E-state index in [1.165, 1.54) is 6.07 Å². The van der Waals surface area contributed by atoms with Crippen molar-refractivity contribution in [2.45, 2.75) is 18.9 Å². The van der Waals surface area contributed by atoms with Crippen molar-refractivity contribution in [1.29, 1.82) is 0 Å². The van der Waals surface area contributed by atoms with Crippen LogP contribution >= 0.6 is 0 Å². The summed E-state index contributed by atoms with van der Waals surface area (Å²) < 4.78 is 26.6. The van der Waals surface area contributed by atoms with Crippen LogP contribution in [0.4, 0.5) is 8.78 Å². The number of rotatable bonds is 6. The van der Waals surface area contributed by atoms with Gasteiger partial charge in [-0.1, -0.05) is 24.3 Å². The molecule has 26 heavy (non-hydrogen) atoms. The molecule has 7 heteroatoms. The lowest BCUT2D eigenvalue weighted by molar-refractivity contribution is -0.127. The number of nitrogens with two attached hydrogens (primary N) is 1. The highest BCUT2D eigenvalue weighted by Gasteiger charge is 2.21. The summed E-state index contributed by atoms with van der Waals surface area (Å²) >= 11 is 0. The van der Waals surface area contributed by atoms with Gasteiger partial charge in [0.25, 0.3) is 0 Å². The topological polar surface area (TPSA) is 88.0 Å². The number of hydrogen-bond donors (Lipinski definition) is 3. The predicted molar refractivity (Wildman–Crippen MR) is 93.2 cm³/mol. The molecule has 0 radical (unpaired) electrons. The van der Waals surface area contributed by atoms with E-state index in [1.807, 2.05) is 24.3 Å². The van der Waals surface area contributed by atoms with Crippen LogP contribution in [0, 0.1) is 11.6 Å². The summed E-state index contributed by atoms with van der Waals surface area (Å²) in [4.78, 5) is 27.0. The molecule has 0 saturated heterocycles. The average Bonchev–Trinajstić information content (AvgIpc) is 3.00. The van der Waals surface area contributed by atoms with Gasteiger partial charge in [0.15, 0.2) is 0 Å². The van der Waals surface area contributed by atoms with Crippen molar-refractivity contribution in [3.05, 3.63) is 71.4 Å². The maximum Gasteiger partial charge on any atom is 0.240 e. The number of fused-ring (bicyclic) bond motifs is 1. The van der Waals surface area contributed by atoms with Crippen molar-refractivity contribution in [3.8, 4) is 0 Å². The summed E-state index contributed by atoms with van der Waals surface area (Å²) in [5.74, 6) is -2.80. The van der Waals surface area contributed by atoms with E-state index in [4.69, 9.17) is 5.73 Å². The lowest BCUT2D eigenvalue weighted by Crippen LogP contribution is -2.46. The molecule has 0 fully saturated rings. The minimum absolute atomic E-state index is 0.0409. The van der Waals surface area contributed by atoms with Gasteiger partial charge < -0.3 is 16.0 Å². The third-order valence-electron chi connectivity index (χ3n) is 4.14. The van der Waals surface area contributed by atoms with Gasteiger partial charge in [-0.15, -0.1) is 0 Å². The summed E-state index contributed by atoms with van der Waals surface area (Å²) in [6, 6.07) is 9.59. The van der Waals surface area contributed by atoms with Gasteiger partial charge in [0.2, 0.25) is 11.8 Å². The van der Waals surface area contributed by atoms with E-state index in [1.54, 1.807) is 6.20 Å².